The van der Waals surface area contributed by atoms with E-state index in [2.05, 4.69) is 4.99 Å². The van der Waals surface area contributed by atoms with E-state index in [1.807, 2.05) is 6.92 Å². The second-order valence-electron chi connectivity index (χ2n) is 3.44. The monoisotopic (exact) mass is 259 g/mol. The quantitative estimate of drug-likeness (QED) is 0.379. The molecule has 1 atom stereocenters. The van der Waals surface area contributed by atoms with E-state index < -0.39 is 17.9 Å². The van der Waals surface area contributed by atoms with Crippen molar-refractivity contribution in [1.29, 1.82) is 0 Å². The van der Waals surface area contributed by atoms with Gasteiger partial charge in [-0.15, -0.1) is 0 Å². The number of benzene rings is 1. The predicted octanol–water partition coefficient (Wildman–Crippen LogP) is -1.95. The molecule has 0 saturated carbocycles. The van der Waals surface area contributed by atoms with Crippen molar-refractivity contribution >= 4 is 11.9 Å². The van der Waals surface area contributed by atoms with Crippen LogP contribution < -0.4 is 56.5 Å². The molecule has 1 aromatic carbocycles. The van der Waals surface area contributed by atoms with E-state index in [-0.39, 0.29) is 51.4 Å². The van der Waals surface area contributed by atoms with Crippen molar-refractivity contribution in [3.05, 3.63) is 35.9 Å². The van der Waals surface area contributed by atoms with E-state index in [0.29, 0.717) is 18.4 Å². The molecule has 0 amide bonds. The fourth-order valence-corrected chi connectivity index (χ4v) is 1.31. The van der Waals surface area contributed by atoms with Crippen LogP contribution in [0.4, 0.5) is 0 Å². The summed E-state index contributed by atoms with van der Waals surface area (Å²) in [5.41, 5.74) is 0.421. The normalized spacial score (nSPS) is 12.6. The summed E-state index contributed by atoms with van der Waals surface area (Å²) >= 11 is 0. The molecule has 86 valence electrons. The molecule has 0 aliphatic heterocycles. The molecule has 0 bridgehead atoms. The van der Waals surface area contributed by atoms with Crippen LogP contribution in [0.1, 0.15) is 25.3 Å². The first kappa shape index (κ1) is 16.8. The molecular formula is C12H14KNO3. The Morgan fingerprint density at radius 3 is 2.47 bits per heavy atom. The smallest absolute Gasteiger partial charge is 0.858 e. The number of aliphatic imine (C=N–C) groups is 1. The Bertz CT molecular complexity index is 379. The molecule has 0 unspecified atom stereocenters. The predicted molar refractivity (Wildman–Crippen MR) is 59.3 cm³/mol. The average Bonchev–Trinajstić information content (AvgIpc) is 2.29. The van der Waals surface area contributed by atoms with E-state index >= 15 is 0 Å². The molecular weight excluding hydrogens is 245 g/mol. The molecule has 0 heterocycles. The van der Waals surface area contributed by atoms with Gasteiger partial charge in [-0.3, -0.25) is 4.99 Å². The fourth-order valence-electron chi connectivity index (χ4n) is 1.31. The van der Waals surface area contributed by atoms with Gasteiger partial charge >= 0.3 is 57.4 Å². The maximum Gasteiger partial charge on any atom is 1.00 e. The van der Waals surface area contributed by atoms with Gasteiger partial charge in [0.2, 0.25) is 0 Å². The van der Waals surface area contributed by atoms with Gasteiger partial charge in [0, 0.05) is 0 Å². The van der Waals surface area contributed by atoms with Crippen LogP contribution in [0.3, 0.4) is 0 Å². The maximum absolute atomic E-state index is 11.6. The summed E-state index contributed by atoms with van der Waals surface area (Å²) in [6.07, 6.45) is 1.07. The van der Waals surface area contributed by atoms with Gasteiger partial charge in [0.25, 0.3) is 0 Å². The van der Waals surface area contributed by atoms with E-state index in [9.17, 15) is 9.90 Å². The SMILES string of the molecule is CCC[C@H](N=C([O-])c1ccccc1)C(=O)O.[K+]. The van der Waals surface area contributed by atoms with Crippen molar-refractivity contribution in [3.8, 4) is 0 Å². The van der Waals surface area contributed by atoms with E-state index in [4.69, 9.17) is 5.11 Å². The van der Waals surface area contributed by atoms with Crippen LogP contribution in [0.5, 0.6) is 0 Å². The summed E-state index contributed by atoms with van der Waals surface area (Å²) in [7, 11) is 0. The van der Waals surface area contributed by atoms with Gasteiger partial charge in [-0.2, -0.15) is 0 Å². The minimum Gasteiger partial charge on any atom is -0.858 e. The number of carboxylic acids is 1. The third-order valence-corrected chi connectivity index (χ3v) is 2.14. The number of carbonyl (C=O) groups is 1. The van der Waals surface area contributed by atoms with Gasteiger partial charge in [-0.05, 0) is 17.9 Å². The molecule has 5 heteroatoms. The third-order valence-electron chi connectivity index (χ3n) is 2.14. The molecule has 0 aromatic heterocycles. The summed E-state index contributed by atoms with van der Waals surface area (Å²) in [5.74, 6) is -1.52. The zero-order valence-corrected chi connectivity index (χ0v) is 13.2. The number of hydrogen-bond donors (Lipinski definition) is 1. The molecule has 0 saturated heterocycles. The van der Waals surface area contributed by atoms with Gasteiger partial charge in [-0.1, -0.05) is 43.7 Å². The van der Waals surface area contributed by atoms with Crippen molar-refractivity contribution < 1.29 is 66.4 Å². The largest absolute Gasteiger partial charge is 1.00 e. The second-order valence-corrected chi connectivity index (χ2v) is 3.44. The van der Waals surface area contributed by atoms with E-state index in [1.165, 1.54) is 0 Å². The van der Waals surface area contributed by atoms with Gasteiger partial charge in [0.1, 0.15) is 6.04 Å². The Balaban J connectivity index is 0.00000256. The van der Waals surface area contributed by atoms with Crippen LogP contribution in [-0.4, -0.2) is 23.0 Å². The molecule has 0 spiro atoms. The standard InChI is InChI=1S/C12H15NO3.K/c1-2-6-10(12(15)16)13-11(14)9-7-4-3-5-8-9;/h3-5,7-8,10H,2,6H2,1H3,(H,13,14)(H,15,16);/q;+1/p-1/t10-;/m0./s1. The third kappa shape index (κ3) is 5.79. The van der Waals surface area contributed by atoms with Crippen molar-refractivity contribution in [1.82, 2.24) is 0 Å². The van der Waals surface area contributed by atoms with Crippen LogP contribution >= 0.6 is 0 Å². The van der Waals surface area contributed by atoms with Gasteiger partial charge < -0.3 is 10.2 Å². The molecule has 0 aliphatic rings. The first-order valence-electron chi connectivity index (χ1n) is 5.18. The average molecular weight is 259 g/mol. The Morgan fingerprint density at radius 1 is 1.41 bits per heavy atom. The van der Waals surface area contributed by atoms with Crippen LogP contribution in [0, 0.1) is 0 Å². The second kappa shape index (κ2) is 8.82. The minimum absolute atomic E-state index is 0. The number of rotatable bonds is 5. The van der Waals surface area contributed by atoms with Crippen molar-refractivity contribution in [2.75, 3.05) is 0 Å². The Kier molecular flexibility index (Phi) is 8.72. The summed E-state index contributed by atoms with van der Waals surface area (Å²) < 4.78 is 0. The summed E-state index contributed by atoms with van der Waals surface area (Å²) in [4.78, 5) is 14.5. The van der Waals surface area contributed by atoms with Crippen LogP contribution in [0.15, 0.2) is 35.3 Å². The number of aliphatic carboxylic acids is 1. The molecule has 0 radical (unpaired) electrons. The van der Waals surface area contributed by atoms with Crippen LogP contribution in [-0.2, 0) is 4.79 Å². The first-order valence-corrected chi connectivity index (χ1v) is 5.18. The molecule has 17 heavy (non-hydrogen) atoms. The van der Waals surface area contributed by atoms with E-state index in [0.717, 1.165) is 0 Å². The summed E-state index contributed by atoms with van der Waals surface area (Å²) in [6.45, 7) is 1.86. The Morgan fingerprint density at radius 2 is 2.00 bits per heavy atom. The topological polar surface area (TPSA) is 72.7 Å². The fraction of sp³-hybridized carbons (Fsp3) is 0.333. The Labute approximate surface area is 143 Å². The van der Waals surface area contributed by atoms with Gasteiger partial charge in [0.05, 0.1) is 0 Å². The molecule has 0 aliphatic carbocycles. The van der Waals surface area contributed by atoms with Gasteiger partial charge in [0.15, 0.2) is 0 Å². The summed E-state index contributed by atoms with van der Waals surface area (Å²) in [6, 6.07) is 7.54. The van der Waals surface area contributed by atoms with Gasteiger partial charge in [-0.25, -0.2) is 4.79 Å². The van der Waals surface area contributed by atoms with Crippen molar-refractivity contribution in [2.45, 2.75) is 25.8 Å². The number of hydrogen-bond acceptors (Lipinski definition) is 3. The molecule has 1 N–H and O–H groups in total. The number of carboxylic acid groups (broad SMARTS) is 1. The Hall–Kier alpha value is -0.204. The molecule has 0 fully saturated rings. The van der Waals surface area contributed by atoms with Crippen LogP contribution in [0.2, 0.25) is 0 Å². The summed E-state index contributed by atoms with van der Waals surface area (Å²) in [5, 5.41) is 20.5. The zero-order valence-electron chi connectivity index (χ0n) is 10.1. The van der Waals surface area contributed by atoms with Crippen LogP contribution in [0.25, 0.3) is 0 Å². The minimum atomic E-state index is -1.05. The molecule has 1 aromatic rings. The van der Waals surface area contributed by atoms with E-state index in [1.54, 1.807) is 30.3 Å². The number of nitrogens with zero attached hydrogens (tertiary/aromatic N) is 1. The van der Waals surface area contributed by atoms with Crippen molar-refractivity contribution in [2.24, 2.45) is 4.99 Å². The molecule has 4 nitrogen and oxygen atoms in total. The molecule has 1 rings (SSSR count). The maximum atomic E-state index is 11.6. The van der Waals surface area contributed by atoms with Crippen molar-refractivity contribution in [3.63, 3.8) is 0 Å². The first-order chi connectivity index (χ1) is 7.65. The zero-order chi connectivity index (χ0) is 12.0.